The number of rotatable bonds is 4. The van der Waals surface area contributed by atoms with Crippen molar-refractivity contribution in [3.63, 3.8) is 0 Å². The molecule has 23 heavy (non-hydrogen) atoms. The van der Waals surface area contributed by atoms with Crippen molar-refractivity contribution in [2.45, 2.75) is 6.92 Å². The third-order valence-electron chi connectivity index (χ3n) is 3.19. The molecule has 0 bridgehead atoms. The van der Waals surface area contributed by atoms with E-state index in [0.29, 0.717) is 10.0 Å². The van der Waals surface area contributed by atoms with Gasteiger partial charge in [-0.25, -0.2) is 4.98 Å². The third kappa shape index (κ3) is 3.72. The Balaban J connectivity index is 1.77. The lowest BCUT2D eigenvalue weighted by atomic mass is 10.1. The van der Waals surface area contributed by atoms with Gasteiger partial charge in [-0.15, -0.1) is 11.3 Å². The molecule has 0 spiro atoms. The quantitative estimate of drug-likeness (QED) is 0.465. The van der Waals surface area contributed by atoms with Gasteiger partial charge in [0.25, 0.3) is 0 Å². The van der Waals surface area contributed by atoms with Crippen LogP contribution >= 0.6 is 34.5 Å². The van der Waals surface area contributed by atoms with E-state index in [1.807, 2.05) is 49.4 Å². The summed E-state index contributed by atoms with van der Waals surface area (Å²) in [5.41, 5.74) is 5.76. The number of benzene rings is 2. The van der Waals surface area contributed by atoms with Crippen LogP contribution in [0.1, 0.15) is 10.4 Å². The van der Waals surface area contributed by atoms with E-state index in [2.05, 4.69) is 15.5 Å². The molecule has 3 aromatic rings. The Labute approximate surface area is 148 Å². The number of hydrogen-bond acceptors (Lipinski definition) is 4. The lowest BCUT2D eigenvalue weighted by Gasteiger charge is -1.99. The first kappa shape index (κ1) is 16.0. The van der Waals surface area contributed by atoms with E-state index in [9.17, 15) is 0 Å². The number of aryl methyl sites for hydroxylation is 1. The zero-order valence-corrected chi connectivity index (χ0v) is 14.6. The minimum atomic E-state index is 0.486. The first-order valence-electron chi connectivity index (χ1n) is 6.91. The van der Waals surface area contributed by atoms with E-state index in [1.54, 1.807) is 23.6 Å². The second-order valence-corrected chi connectivity index (χ2v) is 6.79. The van der Waals surface area contributed by atoms with Crippen molar-refractivity contribution >= 4 is 45.9 Å². The summed E-state index contributed by atoms with van der Waals surface area (Å²) in [6, 6.07) is 15.5. The summed E-state index contributed by atoms with van der Waals surface area (Å²) in [4.78, 5) is 5.72. The Morgan fingerprint density at radius 1 is 1.09 bits per heavy atom. The SMILES string of the molecule is Cc1sc(N/N=C\c2cccc(Cl)c2Cl)nc1-c1ccccc1. The Bertz CT molecular complexity index is 844. The molecule has 3 rings (SSSR count). The van der Waals surface area contributed by atoms with Crippen LogP contribution in [0.3, 0.4) is 0 Å². The molecule has 1 heterocycles. The predicted octanol–water partition coefficient (Wildman–Crippen LogP) is 5.87. The molecule has 3 nitrogen and oxygen atoms in total. The molecule has 0 unspecified atom stereocenters. The molecule has 2 aromatic carbocycles. The third-order valence-corrected chi connectivity index (χ3v) is 4.90. The maximum atomic E-state index is 6.12. The van der Waals surface area contributed by atoms with Crippen molar-refractivity contribution in [1.82, 2.24) is 4.98 Å². The number of nitrogens with zero attached hydrogens (tertiary/aromatic N) is 2. The van der Waals surface area contributed by atoms with Gasteiger partial charge < -0.3 is 0 Å². The van der Waals surface area contributed by atoms with Crippen LogP contribution in [-0.2, 0) is 0 Å². The van der Waals surface area contributed by atoms with Crippen molar-refractivity contribution in [3.8, 4) is 11.3 Å². The largest absolute Gasteiger partial charge is 0.253 e. The molecule has 0 aliphatic carbocycles. The van der Waals surface area contributed by atoms with Crippen LogP contribution in [0.5, 0.6) is 0 Å². The van der Waals surface area contributed by atoms with Crippen LogP contribution in [0, 0.1) is 6.92 Å². The minimum Gasteiger partial charge on any atom is -0.253 e. The van der Waals surface area contributed by atoms with Gasteiger partial charge in [-0.1, -0.05) is 65.7 Å². The summed E-state index contributed by atoms with van der Waals surface area (Å²) in [6.07, 6.45) is 1.63. The zero-order chi connectivity index (χ0) is 16.2. The highest BCUT2D eigenvalue weighted by Crippen LogP contribution is 2.30. The Hall–Kier alpha value is -1.88. The average Bonchev–Trinajstić information content (AvgIpc) is 2.93. The summed E-state index contributed by atoms with van der Waals surface area (Å²) in [6.45, 7) is 2.04. The van der Waals surface area contributed by atoms with Crippen LogP contribution in [0.2, 0.25) is 10.0 Å². The molecule has 0 fully saturated rings. The van der Waals surface area contributed by atoms with E-state index in [1.165, 1.54) is 0 Å². The number of aromatic nitrogens is 1. The van der Waals surface area contributed by atoms with Gasteiger partial charge in [-0.3, -0.25) is 5.43 Å². The predicted molar refractivity (Wildman–Crippen MR) is 100.0 cm³/mol. The second kappa shape index (κ2) is 7.13. The standard InChI is InChI=1S/C17H13Cl2N3S/c1-11-16(12-6-3-2-4-7-12)21-17(23-11)22-20-10-13-8-5-9-14(18)15(13)19/h2-10H,1H3,(H,21,22)/b20-10-. The summed E-state index contributed by atoms with van der Waals surface area (Å²) in [5, 5.41) is 5.92. The van der Waals surface area contributed by atoms with Gasteiger partial charge in [0.1, 0.15) is 0 Å². The molecule has 0 amide bonds. The summed E-state index contributed by atoms with van der Waals surface area (Å²) in [7, 11) is 0. The fourth-order valence-corrected chi connectivity index (χ4v) is 3.23. The average molecular weight is 362 g/mol. The van der Waals surface area contributed by atoms with Crippen molar-refractivity contribution in [3.05, 3.63) is 69.0 Å². The summed E-state index contributed by atoms with van der Waals surface area (Å²) < 4.78 is 0. The molecule has 0 aliphatic heterocycles. The Kier molecular flexibility index (Phi) is 4.96. The number of nitrogens with one attached hydrogen (secondary N) is 1. The highest BCUT2D eigenvalue weighted by atomic mass is 35.5. The Morgan fingerprint density at radius 2 is 1.87 bits per heavy atom. The van der Waals surface area contributed by atoms with Gasteiger partial charge >= 0.3 is 0 Å². The fourth-order valence-electron chi connectivity index (χ4n) is 2.09. The van der Waals surface area contributed by atoms with Crippen molar-refractivity contribution in [2.24, 2.45) is 5.10 Å². The lowest BCUT2D eigenvalue weighted by molar-refractivity contribution is 1.28. The summed E-state index contributed by atoms with van der Waals surface area (Å²) in [5.74, 6) is 0. The van der Waals surface area contributed by atoms with Gasteiger partial charge in [-0.05, 0) is 13.0 Å². The van der Waals surface area contributed by atoms with Crippen molar-refractivity contribution < 1.29 is 0 Å². The van der Waals surface area contributed by atoms with Gasteiger partial charge in [0.2, 0.25) is 5.13 Å². The van der Waals surface area contributed by atoms with E-state index in [4.69, 9.17) is 23.2 Å². The molecule has 1 aromatic heterocycles. The van der Waals surface area contributed by atoms with Crippen LogP contribution in [0.25, 0.3) is 11.3 Å². The molecule has 6 heteroatoms. The lowest BCUT2D eigenvalue weighted by Crippen LogP contribution is -1.91. The minimum absolute atomic E-state index is 0.486. The highest BCUT2D eigenvalue weighted by molar-refractivity contribution is 7.15. The van der Waals surface area contributed by atoms with Crippen LogP contribution in [0.15, 0.2) is 53.6 Å². The molecular formula is C17H13Cl2N3S. The maximum Gasteiger partial charge on any atom is 0.204 e. The smallest absolute Gasteiger partial charge is 0.204 e. The molecule has 0 saturated heterocycles. The van der Waals surface area contributed by atoms with E-state index >= 15 is 0 Å². The molecule has 0 atom stereocenters. The Morgan fingerprint density at radius 3 is 2.65 bits per heavy atom. The maximum absolute atomic E-state index is 6.12. The fraction of sp³-hybridized carbons (Fsp3) is 0.0588. The van der Waals surface area contributed by atoms with Gasteiger partial charge in [0.15, 0.2) is 0 Å². The molecule has 116 valence electrons. The van der Waals surface area contributed by atoms with Crippen LogP contribution < -0.4 is 5.43 Å². The molecule has 0 radical (unpaired) electrons. The number of hydrazone groups is 1. The van der Waals surface area contributed by atoms with E-state index < -0.39 is 0 Å². The normalized spacial score (nSPS) is 11.1. The van der Waals surface area contributed by atoms with E-state index in [-0.39, 0.29) is 0 Å². The zero-order valence-electron chi connectivity index (χ0n) is 12.3. The number of thiazole rings is 1. The number of hydrogen-bond donors (Lipinski definition) is 1. The molecule has 0 saturated carbocycles. The first-order valence-corrected chi connectivity index (χ1v) is 8.48. The van der Waals surface area contributed by atoms with Gasteiger partial charge in [-0.2, -0.15) is 5.10 Å². The number of halogens is 2. The van der Waals surface area contributed by atoms with Gasteiger partial charge in [0.05, 0.1) is 22.0 Å². The molecular weight excluding hydrogens is 349 g/mol. The van der Waals surface area contributed by atoms with Crippen LogP contribution in [0.4, 0.5) is 5.13 Å². The molecule has 0 aliphatic rings. The monoisotopic (exact) mass is 361 g/mol. The van der Waals surface area contributed by atoms with Crippen LogP contribution in [-0.4, -0.2) is 11.2 Å². The first-order chi connectivity index (χ1) is 11.1. The molecule has 1 N–H and O–H groups in total. The highest BCUT2D eigenvalue weighted by Gasteiger charge is 2.09. The van der Waals surface area contributed by atoms with Crippen molar-refractivity contribution in [1.29, 1.82) is 0 Å². The van der Waals surface area contributed by atoms with Gasteiger partial charge in [0, 0.05) is 16.0 Å². The van der Waals surface area contributed by atoms with E-state index in [0.717, 1.165) is 26.8 Å². The van der Waals surface area contributed by atoms with Crippen molar-refractivity contribution in [2.75, 3.05) is 5.43 Å². The summed E-state index contributed by atoms with van der Waals surface area (Å²) >= 11 is 13.7. The second-order valence-electron chi connectivity index (χ2n) is 4.80. The number of anilines is 1. The topological polar surface area (TPSA) is 37.3 Å².